The summed E-state index contributed by atoms with van der Waals surface area (Å²) in [5, 5.41) is 0.448. The molecule has 0 aromatic carbocycles. The van der Waals surface area contributed by atoms with Crippen molar-refractivity contribution in [1.29, 1.82) is 0 Å². The van der Waals surface area contributed by atoms with Gasteiger partial charge in [0.15, 0.2) is 0 Å². The van der Waals surface area contributed by atoms with Gasteiger partial charge in [-0.1, -0.05) is 44.8 Å². The molecule has 1 heterocycles. The highest BCUT2D eigenvalue weighted by atomic mass is 32.1. The zero-order valence-electron chi connectivity index (χ0n) is 12.9. The average molecular weight is 279 g/mol. The molecule has 0 spiro atoms. The number of nitrogens with zero attached hydrogens (tertiary/aromatic N) is 1. The van der Waals surface area contributed by atoms with Crippen LogP contribution in [0.25, 0.3) is 0 Å². The molecule has 2 fully saturated rings. The summed E-state index contributed by atoms with van der Waals surface area (Å²) in [6.45, 7) is 6.94. The van der Waals surface area contributed by atoms with E-state index in [9.17, 15) is 0 Å². The molecule has 1 aliphatic carbocycles. The largest absolute Gasteiger partial charge is 0.286 e. The van der Waals surface area contributed by atoms with Crippen molar-refractivity contribution in [2.45, 2.75) is 89.0 Å². The molecular weight excluding hydrogens is 249 g/mol. The van der Waals surface area contributed by atoms with Gasteiger partial charge in [-0.3, -0.25) is 4.90 Å². The molecule has 5 unspecified atom stereocenters. The number of fused-ring (bicyclic) bond motifs is 1. The van der Waals surface area contributed by atoms with E-state index >= 15 is 0 Å². The third kappa shape index (κ3) is 3.72. The predicted molar refractivity (Wildman–Crippen MR) is 88.0 cm³/mol. The van der Waals surface area contributed by atoms with Crippen LogP contribution in [0.4, 0.5) is 0 Å². The van der Waals surface area contributed by atoms with Crippen LogP contribution in [-0.2, 0) is 0 Å². The molecule has 1 nitrogen and oxygen atoms in total. The van der Waals surface area contributed by atoms with E-state index in [0.29, 0.717) is 17.2 Å². The van der Waals surface area contributed by atoms with Crippen LogP contribution in [0.5, 0.6) is 0 Å². The third-order valence-corrected chi connectivity index (χ3v) is 5.79. The topological polar surface area (TPSA) is 3.24 Å². The van der Waals surface area contributed by atoms with Crippen molar-refractivity contribution in [2.75, 3.05) is 0 Å². The molecular formula is C16H30BNS. The minimum absolute atomic E-state index is 0.406. The fourth-order valence-corrected chi connectivity index (χ4v) is 5.11. The lowest BCUT2D eigenvalue weighted by Crippen LogP contribution is -2.40. The van der Waals surface area contributed by atoms with Gasteiger partial charge in [-0.15, -0.1) is 0 Å². The number of rotatable bonds is 2. The van der Waals surface area contributed by atoms with Gasteiger partial charge in [-0.05, 0) is 38.5 Å². The minimum Gasteiger partial charge on any atom is -0.286 e. The van der Waals surface area contributed by atoms with Gasteiger partial charge in [-0.2, -0.15) is 12.6 Å². The van der Waals surface area contributed by atoms with Crippen LogP contribution in [0.1, 0.15) is 65.7 Å². The van der Waals surface area contributed by atoms with Gasteiger partial charge < -0.3 is 0 Å². The predicted octanol–water partition coefficient (Wildman–Crippen LogP) is 4.29. The van der Waals surface area contributed by atoms with E-state index in [0.717, 1.165) is 17.9 Å². The highest BCUT2D eigenvalue weighted by Gasteiger charge is 2.41. The molecule has 1 saturated carbocycles. The fourth-order valence-electron chi connectivity index (χ4n) is 4.40. The maximum absolute atomic E-state index is 6.42. The van der Waals surface area contributed by atoms with E-state index in [2.05, 4.69) is 25.7 Å². The van der Waals surface area contributed by atoms with Gasteiger partial charge in [0.05, 0.1) is 13.2 Å². The fraction of sp³-hybridized carbons (Fsp3) is 1.00. The summed E-state index contributed by atoms with van der Waals surface area (Å²) >= 11 is 4.83. The van der Waals surface area contributed by atoms with Gasteiger partial charge in [0.25, 0.3) is 0 Å². The number of hydrogen-bond donors (Lipinski definition) is 1. The summed E-state index contributed by atoms with van der Waals surface area (Å²) in [6, 6.07) is 1.33. The first kappa shape index (κ1) is 15.8. The third-order valence-electron chi connectivity index (χ3n) is 5.31. The second-order valence-electron chi connectivity index (χ2n) is 7.02. The molecule has 5 atom stereocenters. The second kappa shape index (κ2) is 6.89. The average Bonchev–Trinajstić information content (AvgIpc) is 2.65. The Morgan fingerprint density at radius 1 is 1.21 bits per heavy atom. The first-order valence-electron chi connectivity index (χ1n) is 8.24. The molecule has 0 N–H and O–H groups in total. The van der Waals surface area contributed by atoms with Crippen LogP contribution in [-0.4, -0.2) is 30.2 Å². The van der Waals surface area contributed by atoms with Gasteiger partial charge in [0.1, 0.15) is 0 Å². The van der Waals surface area contributed by atoms with Crippen LogP contribution in [0.3, 0.4) is 0 Å². The first-order chi connectivity index (χ1) is 9.02. The molecule has 0 bridgehead atoms. The highest BCUT2D eigenvalue weighted by Crippen LogP contribution is 2.43. The maximum Gasteiger partial charge on any atom is 0.0699 e. The maximum atomic E-state index is 6.42. The summed E-state index contributed by atoms with van der Waals surface area (Å²) < 4.78 is 0. The van der Waals surface area contributed by atoms with Gasteiger partial charge in [0, 0.05) is 12.1 Å². The molecule has 0 aromatic heterocycles. The molecule has 3 heteroatoms. The Morgan fingerprint density at radius 3 is 2.58 bits per heavy atom. The number of thiol groups is 1. The van der Waals surface area contributed by atoms with Gasteiger partial charge in [-0.25, -0.2) is 0 Å². The summed E-state index contributed by atoms with van der Waals surface area (Å²) in [6.07, 6.45) is 9.07. The monoisotopic (exact) mass is 279 g/mol. The molecule has 108 valence electrons. The van der Waals surface area contributed by atoms with E-state index in [1.807, 2.05) is 0 Å². The van der Waals surface area contributed by atoms with Crippen molar-refractivity contribution in [3.8, 4) is 0 Å². The van der Waals surface area contributed by atoms with Gasteiger partial charge >= 0.3 is 0 Å². The van der Waals surface area contributed by atoms with Crippen molar-refractivity contribution in [2.24, 2.45) is 11.8 Å². The molecule has 2 aliphatic rings. The molecule has 19 heavy (non-hydrogen) atoms. The zero-order chi connectivity index (χ0) is 14.0. The van der Waals surface area contributed by atoms with E-state index in [1.165, 1.54) is 44.9 Å². The Hall–Kier alpha value is 0.375. The normalized spacial score (nSPS) is 41.6. The van der Waals surface area contributed by atoms with Crippen molar-refractivity contribution in [3.05, 3.63) is 0 Å². The highest BCUT2D eigenvalue weighted by molar-refractivity contribution is 7.80. The SMILES string of the molecule is [B]C1CC(CC)CCCC2C(C1)CC(S)N2C(C)C. The van der Waals surface area contributed by atoms with Gasteiger partial charge in [0.2, 0.25) is 0 Å². The Bertz CT molecular complexity index is 284. The lowest BCUT2D eigenvalue weighted by atomic mass is 9.73. The van der Waals surface area contributed by atoms with Crippen LogP contribution < -0.4 is 0 Å². The molecule has 2 radical (unpaired) electrons. The molecule has 1 aliphatic heterocycles. The summed E-state index contributed by atoms with van der Waals surface area (Å²) in [7, 11) is 6.42. The molecule has 0 amide bonds. The van der Waals surface area contributed by atoms with E-state index < -0.39 is 0 Å². The van der Waals surface area contributed by atoms with E-state index in [1.54, 1.807) is 0 Å². The summed E-state index contributed by atoms with van der Waals surface area (Å²) in [4.78, 5) is 2.65. The molecule has 0 aromatic rings. The quantitative estimate of drug-likeness (QED) is 0.583. The van der Waals surface area contributed by atoms with E-state index in [-0.39, 0.29) is 0 Å². The summed E-state index contributed by atoms with van der Waals surface area (Å²) in [5.74, 6) is 2.03. The lowest BCUT2D eigenvalue weighted by molar-refractivity contribution is 0.158. The van der Waals surface area contributed by atoms with Crippen LogP contribution in [0.2, 0.25) is 5.82 Å². The second-order valence-corrected chi connectivity index (χ2v) is 7.62. The zero-order valence-corrected chi connectivity index (χ0v) is 13.8. The Labute approximate surface area is 126 Å². The smallest absolute Gasteiger partial charge is 0.0699 e. The Balaban J connectivity index is 2.08. The van der Waals surface area contributed by atoms with Crippen molar-refractivity contribution in [3.63, 3.8) is 0 Å². The number of hydrogen-bond acceptors (Lipinski definition) is 2. The number of likely N-dealkylation sites (tertiary alicyclic amines) is 1. The minimum atomic E-state index is 0.406. The first-order valence-corrected chi connectivity index (χ1v) is 8.75. The van der Waals surface area contributed by atoms with Crippen LogP contribution in [0, 0.1) is 11.8 Å². The Kier molecular flexibility index (Phi) is 5.71. The van der Waals surface area contributed by atoms with Crippen LogP contribution >= 0.6 is 12.6 Å². The lowest BCUT2D eigenvalue weighted by Gasteiger charge is -2.33. The van der Waals surface area contributed by atoms with Crippen molar-refractivity contribution < 1.29 is 0 Å². The van der Waals surface area contributed by atoms with E-state index in [4.69, 9.17) is 20.5 Å². The summed E-state index contributed by atoms with van der Waals surface area (Å²) in [5.41, 5.74) is 0. The standard InChI is InChI=1S/C16H30BNS/c1-4-12-6-5-7-15-13(9-14(17)8-12)10-16(19)18(15)11(2)3/h11-16,19H,4-10H2,1-3H3. The van der Waals surface area contributed by atoms with Crippen molar-refractivity contribution in [1.82, 2.24) is 4.90 Å². The Morgan fingerprint density at radius 2 is 1.95 bits per heavy atom. The van der Waals surface area contributed by atoms with Crippen molar-refractivity contribution >= 4 is 20.5 Å². The molecule has 1 saturated heterocycles. The molecule has 2 rings (SSSR count). The van der Waals surface area contributed by atoms with Crippen LogP contribution in [0.15, 0.2) is 0 Å².